The van der Waals surface area contributed by atoms with E-state index in [-0.39, 0.29) is 17.7 Å². The van der Waals surface area contributed by atoms with E-state index in [0.717, 1.165) is 55.7 Å². The lowest BCUT2D eigenvalue weighted by Gasteiger charge is -2.34. The lowest BCUT2D eigenvalue weighted by molar-refractivity contribution is 0.0681. The van der Waals surface area contributed by atoms with E-state index in [0.29, 0.717) is 29.6 Å². The Labute approximate surface area is 189 Å². The first-order chi connectivity index (χ1) is 14.9. The molecule has 2 fully saturated rings. The molecule has 1 aromatic carbocycles. The van der Waals surface area contributed by atoms with Gasteiger partial charge < -0.3 is 9.80 Å². The molecule has 0 unspecified atom stereocenters. The van der Waals surface area contributed by atoms with E-state index in [2.05, 4.69) is 6.92 Å². The molecular weight excluding hydrogens is 410 g/mol. The van der Waals surface area contributed by atoms with Gasteiger partial charge in [0.2, 0.25) is 0 Å². The van der Waals surface area contributed by atoms with Crippen LogP contribution in [0.5, 0.6) is 0 Å². The minimum Gasteiger partial charge on any atom is -0.339 e. The lowest BCUT2D eigenvalue weighted by Crippen LogP contribution is -2.40. The number of carbonyl (C=O) groups excluding carboxylic acids is 2. The van der Waals surface area contributed by atoms with E-state index in [1.807, 2.05) is 28.9 Å². The third-order valence-corrected chi connectivity index (χ3v) is 6.84. The van der Waals surface area contributed by atoms with Gasteiger partial charge in [-0.15, -0.1) is 0 Å². The van der Waals surface area contributed by atoms with Crippen molar-refractivity contribution in [3.8, 4) is 0 Å². The smallest absolute Gasteiger partial charge is 0.255 e. The monoisotopic (exact) mass is 439 g/mol. The van der Waals surface area contributed by atoms with Crippen molar-refractivity contribution in [3.63, 3.8) is 0 Å². The zero-order chi connectivity index (χ0) is 22.0. The minimum absolute atomic E-state index is 0.0110. The van der Waals surface area contributed by atoms with E-state index in [4.69, 9.17) is 16.6 Å². The van der Waals surface area contributed by atoms with Gasteiger partial charge in [-0.1, -0.05) is 24.6 Å². The number of aromatic nitrogens is 1. The Morgan fingerprint density at radius 1 is 0.935 bits per heavy atom. The zero-order valence-corrected chi connectivity index (χ0v) is 19.1. The molecule has 0 atom stereocenters. The van der Waals surface area contributed by atoms with Crippen LogP contribution in [0, 0.1) is 12.8 Å². The Morgan fingerprint density at radius 2 is 1.58 bits per heavy atom. The molecule has 0 N–H and O–H groups in total. The summed E-state index contributed by atoms with van der Waals surface area (Å²) in [6.45, 7) is 7.16. The fourth-order valence-electron chi connectivity index (χ4n) is 4.61. The maximum absolute atomic E-state index is 13.3. The first-order valence-electron chi connectivity index (χ1n) is 11.2. The van der Waals surface area contributed by atoms with E-state index >= 15 is 0 Å². The van der Waals surface area contributed by atoms with Crippen molar-refractivity contribution in [2.24, 2.45) is 5.92 Å². The van der Waals surface area contributed by atoms with Gasteiger partial charge in [0.15, 0.2) is 0 Å². The van der Waals surface area contributed by atoms with Crippen LogP contribution in [0.4, 0.5) is 0 Å². The Balaban J connectivity index is 1.47. The molecule has 0 aliphatic carbocycles. The van der Waals surface area contributed by atoms with Crippen molar-refractivity contribution < 1.29 is 9.59 Å². The number of pyridine rings is 1. The Morgan fingerprint density at radius 3 is 2.26 bits per heavy atom. The summed E-state index contributed by atoms with van der Waals surface area (Å²) in [5, 5.41) is 0.569. The van der Waals surface area contributed by atoms with Gasteiger partial charge in [0.1, 0.15) is 0 Å². The average molecular weight is 440 g/mol. The van der Waals surface area contributed by atoms with Gasteiger partial charge in [-0.3, -0.25) is 14.6 Å². The Kier molecular flexibility index (Phi) is 6.61. The Bertz CT molecular complexity index is 961. The fraction of sp³-hybridized carbons (Fsp3) is 0.480. The summed E-state index contributed by atoms with van der Waals surface area (Å²) in [6.07, 6.45) is 3.73. The second-order valence-electron chi connectivity index (χ2n) is 8.94. The van der Waals surface area contributed by atoms with Crippen LogP contribution in [-0.4, -0.2) is 52.8 Å². The molecule has 3 heterocycles. The van der Waals surface area contributed by atoms with Crippen molar-refractivity contribution in [1.29, 1.82) is 0 Å². The van der Waals surface area contributed by atoms with Crippen LogP contribution in [0.2, 0.25) is 5.02 Å². The molecule has 2 aliphatic rings. The highest BCUT2D eigenvalue weighted by molar-refractivity contribution is 6.30. The van der Waals surface area contributed by atoms with Crippen LogP contribution in [-0.2, 0) is 0 Å². The van der Waals surface area contributed by atoms with Gasteiger partial charge in [0, 0.05) is 48.4 Å². The normalized spacial score (nSPS) is 18.3. The van der Waals surface area contributed by atoms with Crippen molar-refractivity contribution in [1.82, 2.24) is 14.8 Å². The third kappa shape index (κ3) is 4.93. The molecule has 2 aromatic rings. The minimum atomic E-state index is 0.0110. The molecule has 0 saturated carbocycles. The van der Waals surface area contributed by atoms with Gasteiger partial charge in [-0.25, -0.2) is 0 Å². The predicted molar refractivity (Wildman–Crippen MR) is 123 cm³/mol. The molecule has 6 heteroatoms. The predicted octanol–water partition coefficient (Wildman–Crippen LogP) is 4.94. The number of rotatable bonds is 3. The quantitative estimate of drug-likeness (QED) is 0.680. The summed E-state index contributed by atoms with van der Waals surface area (Å²) in [5.74, 6) is 0.982. The van der Waals surface area contributed by atoms with E-state index in [1.165, 1.54) is 0 Å². The van der Waals surface area contributed by atoms with Gasteiger partial charge in [0.25, 0.3) is 11.8 Å². The molecule has 0 radical (unpaired) electrons. The third-order valence-electron chi connectivity index (χ3n) is 6.61. The standard InChI is InChI=1S/C25H30ClN3O2/c1-17-8-12-29(13-9-17)25(31)22-7-6-18(2)27-23(22)19-10-14-28(15-11-19)24(30)20-4-3-5-21(26)16-20/h3-7,16-17,19H,8-15H2,1-2H3. The molecule has 0 bridgehead atoms. The van der Waals surface area contributed by atoms with Crippen LogP contribution in [0.25, 0.3) is 0 Å². The number of nitrogens with zero attached hydrogens (tertiary/aromatic N) is 3. The number of hydrogen-bond donors (Lipinski definition) is 0. The molecule has 164 valence electrons. The maximum atomic E-state index is 13.3. The molecule has 1 aromatic heterocycles. The largest absolute Gasteiger partial charge is 0.339 e. The number of aryl methyl sites for hydroxylation is 1. The lowest BCUT2D eigenvalue weighted by atomic mass is 9.89. The van der Waals surface area contributed by atoms with Crippen molar-refractivity contribution in [2.45, 2.75) is 45.4 Å². The number of hydrogen-bond acceptors (Lipinski definition) is 3. The van der Waals surface area contributed by atoms with Gasteiger partial charge in [-0.2, -0.15) is 0 Å². The molecular formula is C25H30ClN3O2. The molecule has 2 aliphatic heterocycles. The van der Waals surface area contributed by atoms with Crippen LogP contribution in [0.3, 0.4) is 0 Å². The van der Waals surface area contributed by atoms with E-state index in [9.17, 15) is 9.59 Å². The molecule has 31 heavy (non-hydrogen) atoms. The number of amides is 2. The van der Waals surface area contributed by atoms with Crippen LogP contribution in [0.1, 0.15) is 70.6 Å². The SMILES string of the molecule is Cc1ccc(C(=O)N2CCC(C)CC2)c(C2CCN(C(=O)c3cccc(Cl)c3)CC2)n1. The van der Waals surface area contributed by atoms with Gasteiger partial charge in [-0.05, 0) is 68.9 Å². The summed E-state index contributed by atoms with van der Waals surface area (Å²) >= 11 is 6.05. The van der Waals surface area contributed by atoms with Gasteiger partial charge >= 0.3 is 0 Å². The summed E-state index contributed by atoms with van der Waals surface area (Å²) < 4.78 is 0. The van der Waals surface area contributed by atoms with Crippen LogP contribution in [0.15, 0.2) is 36.4 Å². The molecule has 5 nitrogen and oxygen atoms in total. The number of halogens is 1. The summed E-state index contributed by atoms with van der Waals surface area (Å²) in [6, 6.07) is 11.0. The zero-order valence-electron chi connectivity index (χ0n) is 18.3. The van der Waals surface area contributed by atoms with Gasteiger partial charge in [0.05, 0.1) is 11.3 Å². The fourth-order valence-corrected chi connectivity index (χ4v) is 4.80. The van der Waals surface area contributed by atoms with E-state index in [1.54, 1.807) is 24.3 Å². The highest BCUT2D eigenvalue weighted by Crippen LogP contribution is 2.31. The average Bonchev–Trinajstić information content (AvgIpc) is 2.79. The Hall–Kier alpha value is -2.40. The second-order valence-corrected chi connectivity index (χ2v) is 9.37. The van der Waals surface area contributed by atoms with Crippen molar-refractivity contribution >= 4 is 23.4 Å². The highest BCUT2D eigenvalue weighted by atomic mass is 35.5. The highest BCUT2D eigenvalue weighted by Gasteiger charge is 2.30. The topological polar surface area (TPSA) is 53.5 Å². The summed E-state index contributed by atoms with van der Waals surface area (Å²) in [4.78, 5) is 34.8. The summed E-state index contributed by atoms with van der Waals surface area (Å²) in [5.41, 5.74) is 3.18. The van der Waals surface area contributed by atoms with E-state index < -0.39 is 0 Å². The number of carbonyl (C=O) groups is 2. The second kappa shape index (κ2) is 9.39. The number of likely N-dealkylation sites (tertiary alicyclic amines) is 2. The molecule has 2 amide bonds. The first kappa shape index (κ1) is 21.8. The number of piperidine rings is 2. The van der Waals surface area contributed by atoms with Crippen LogP contribution < -0.4 is 0 Å². The molecule has 4 rings (SSSR count). The first-order valence-corrected chi connectivity index (χ1v) is 11.6. The van der Waals surface area contributed by atoms with Crippen molar-refractivity contribution in [3.05, 3.63) is 63.9 Å². The summed E-state index contributed by atoms with van der Waals surface area (Å²) in [7, 11) is 0. The maximum Gasteiger partial charge on any atom is 0.255 e. The number of benzene rings is 1. The van der Waals surface area contributed by atoms with Crippen LogP contribution >= 0.6 is 11.6 Å². The van der Waals surface area contributed by atoms with Crippen molar-refractivity contribution in [2.75, 3.05) is 26.2 Å². The molecule has 0 spiro atoms. The molecule has 2 saturated heterocycles.